The van der Waals surface area contributed by atoms with Crippen LogP contribution in [-0.4, -0.2) is 19.5 Å². The number of hydrogen-bond acceptors (Lipinski definition) is 3. The van der Waals surface area contributed by atoms with Crippen LogP contribution < -0.4 is 0 Å². The molecule has 4 heteroatoms. The molecule has 0 spiro atoms. The van der Waals surface area contributed by atoms with Gasteiger partial charge in [-0.05, 0) is 35.9 Å². The molecule has 0 saturated heterocycles. The van der Waals surface area contributed by atoms with Gasteiger partial charge in [0.2, 0.25) is 0 Å². The first-order valence-electron chi connectivity index (χ1n) is 7.60. The van der Waals surface area contributed by atoms with Gasteiger partial charge in [0, 0.05) is 30.1 Å². The van der Waals surface area contributed by atoms with Gasteiger partial charge in [-0.15, -0.1) is 0 Å². The molecule has 111 valence electrons. The van der Waals surface area contributed by atoms with Crippen LogP contribution >= 0.6 is 0 Å². The molecule has 0 amide bonds. The van der Waals surface area contributed by atoms with Crippen molar-refractivity contribution < 1.29 is 0 Å². The second kappa shape index (κ2) is 5.65. The minimum absolute atomic E-state index is 0.868. The van der Waals surface area contributed by atoms with Gasteiger partial charge in [-0.25, -0.2) is 15.0 Å². The van der Waals surface area contributed by atoms with Crippen molar-refractivity contribution >= 4 is 11.0 Å². The van der Waals surface area contributed by atoms with Crippen molar-refractivity contribution in [1.29, 1.82) is 0 Å². The number of benzene rings is 2. The fourth-order valence-corrected chi connectivity index (χ4v) is 2.81. The lowest BCUT2D eigenvalue weighted by molar-refractivity contribution is 0.908. The fraction of sp³-hybridized carbons (Fsp3) is 0.105. The summed E-state index contributed by atoms with van der Waals surface area (Å²) in [6.07, 6.45) is 6.04. The summed E-state index contributed by atoms with van der Waals surface area (Å²) in [5, 5.41) is 0. The maximum Gasteiger partial charge on any atom is 0.115 e. The standard InChI is InChI=1S/C19H15N4/c1-2-19-22-17-10-14(15-11-20-13-21-12-15)8-9-18(17)23(19)16-6-4-3-5-7-16/h3-4,6-13H,2H2,1H3. The third kappa shape index (κ3) is 2.38. The summed E-state index contributed by atoms with van der Waals surface area (Å²) in [4.78, 5) is 13.0. The topological polar surface area (TPSA) is 43.6 Å². The molecule has 0 atom stereocenters. The van der Waals surface area contributed by atoms with Gasteiger partial charge in [-0.1, -0.05) is 25.1 Å². The van der Waals surface area contributed by atoms with E-state index >= 15 is 0 Å². The van der Waals surface area contributed by atoms with Crippen LogP contribution in [0.4, 0.5) is 0 Å². The van der Waals surface area contributed by atoms with Gasteiger partial charge < -0.3 is 0 Å². The van der Waals surface area contributed by atoms with E-state index in [4.69, 9.17) is 4.98 Å². The number of rotatable bonds is 3. The maximum atomic E-state index is 4.80. The second-order valence-corrected chi connectivity index (χ2v) is 5.31. The van der Waals surface area contributed by atoms with E-state index in [-0.39, 0.29) is 0 Å². The van der Waals surface area contributed by atoms with Crippen LogP contribution in [0.2, 0.25) is 0 Å². The predicted octanol–water partition coefficient (Wildman–Crippen LogP) is 3.85. The Kier molecular flexibility index (Phi) is 3.35. The summed E-state index contributed by atoms with van der Waals surface area (Å²) in [5.74, 6) is 1.04. The number of nitrogens with zero attached hydrogens (tertiary/aromatic N) is 4. The van der Waals surface area contributed by atoms with Crippen molar-refractivity contribution in [3.8, 4) is 16.8 Å². The molecule has 0 bridgehead atoms. The molecule has 2 aromatic heterocycles. The number of aryl methyl sites for hydroxylation is 1. The van der Waals surface area contributed by atoms with E-state index in [1.54, 1.807) is 0 Å². The van der Waals surface area contributed by atoms with Crippen molar-refractivity contribution in [3.05, 3.63) is 73.1 Å². The van der Waals surface area contributed by atoms with E-state index in [1.807, 2.05) is 30.6 Å². The van der Waals surface area contributed by atoms with Crippen molar-refractivity contribution in [3.63, 3.8) is 0 Å². The van der Waals surface area contributed by atoms with Crippen LogP contribution in [0.15, 0.2) is 61.2 Å². The van der Waals surface area contributed by atoms with Gasteiger partial charge in [-0.3, -0.25) is 4.57 Å². The normalized spacial score (nSPS) is 11.0. The van der Waals surface area contributed by atoms with Gasteiger partial charge in [0.25, 0.3) is 0 Å². The third-order valence-electron chi connectivity index (χ3n) is 3.88. The van der Waals surface area contributed by atoms with Crippen LogP contribution in [0.25, 0.3) is 27.8 Å². The Morgan fingerprint density at radius 2 is 1.96 bits per heavy atom. The molecule has 0 unspecified atom stereocenters. The van der Waals surface area contributed by atoms with Crippen LogP contribution in [-0.2, 0) is 6.42 Å². The molecular weight excluding hydrogens is 284 g/mol. The molecule has 23 heavy (non-hydrogen) atoms. The summed E-state index contributed by atoms with van der Waals surface area (Å²) >= 11 is 0. The number of imidazole rings is 1. The second-order valence-electron chi connectivity index (χ2n) is 5.31. The zero-order valence-electron chi connectivity index (χ0n) is 12.8. The highest BCUT2D eigenvalue weighted by molar-refractivity contribution is 5.83. The van der Waals surface area contributed by atoms with E-state index in [1.165, 1.54) is 6.33 Å². The first kappa shape index (κ1) is 13.6. The molecule has 0 N–H and O–H groups in total. The monoisotopic (exact) mass is 299 g/mol. The van der Waals surface area contributed by atoms with E-state index < -0.39 is 0 Å². The largest absolute Gasteiger partial charge is 0.296 e. The quantitative estimate of drug-likeness (QED) is 0.577. The zero-order valence-corrected chi connectivity index (χ0v) is 12.8. The van der Waals surface area contributed by atoms with E-state index in [0.29, 0.717) is 0 Å². The van der Waals surface area contributed by atoms with Crippen LogP contribution in [0.3, 0.4) is 0 Å². The van der Waals surface area contributed by atoms with Crippen molar-refractivity contribution in [2.45, 2.75) is 13.3 Å². The average Bonchev–Trinajstić information content (AvgIpc) is 3.01. The average molecular weight is 299 g/mol. The van der Waals surface area contributed by atoms with Gasteiger partial charge in [-0.2, -0.15) is 0 Å². The highest BCUT2D eigenvalue weighted by Crippen LogP contribution is 2.26. The Labute approximate surface area is 134 Å². The molecule has 2 heterocycles. The molecule has 0 aliphatic carbocycles. The molecule has 0 fully saturated rings. The number of aromatic nitrogens is 4. The Morgan fingerprint density at radius 3 is 2.70 bits per heavy atom. The minimum atomic E-state index is 0.868. The highest BCUT2D eigenvalue weighted by atomic mass is 15.1. The van der Waals surface area contributed by atoms with Crippen molar-refractivity contribution in [1.82, 2.24) is 19.5 Å². The Hall–Kier alpha value is -3.01. The molecule has 0 saturated carbocycles. The minimum Gasteiger partial charge on any atom is -0.296 e. The molecule has 0 aliphatic heterocycles. The Morgan fingerprint density at radius 1 is 1.09 bits per heavy atom. The number of hydrogen-bond donors (Lipinski definition) is 0. The summed E-state index contributed by atoms with van der Waals surface area (Å²) in [6.45, 7) is 2.12. The third-order valence-corrected chi connectivity index (χ3v) is 3.88. The van der Waals surface area contributed by atoms with E-state index in [0.717, 1.165) is 40.1 Å². The first-order valence-corrected chi connectivity index (χ1v) is 7.60. The Bertz CT molecular complexity index is 943. The molecular formula is C19H15N4. The van der Waals surface area contributed by atoms with Crippen molar-refractivity contribution in [2.75, 3.05) is 0 Å². The van der Waals surface area contributed by atoms with Crippen LogP contribution in [0.1, 0.15) is 12.7 Å². The zero-order chi connectivity index (χ0) is 15.6. The molecule has 4 aromatic rings. The summed E-state index contributed by atoms with van der Waals surface area (Å²) in [7, 11) is 0. The summed E-state index contributed by atoms with van der Waals surface area (Å²) in [5.41, 5.74) is 5.23. The van der Waals surface area contributed by atoms with Gasteiger partial charge >= 0.3 is 0 Å². The summed E-state index contributed by atoms with van der Waals surface area (Å²) < 4.78 is 2.19. The van der Waals surface area contributed by atoms with E-state index in [9.17, 15) is 0 Å². The lowest BCUT2D eigenvalue weighted by atomic mass is 10.1. The molecule has 1 radical (unpaired) electrons. The smallest absolute Gasteiger partial charge is 0.115 e. The van der Waals surface area contributed by atoms with Crippen LogP contribution in [0, 0.1) is 6.07 Å². The van der Waals surface area contributed by atoms with Crippen LogP contribution in [0.5, 0.6) is 0 Å². The SMILES string of the molecule is CCc1nc2cc(-c3cncnc3)ccc2n1-c1c[c]ccc1. The fourth-order valence-electron chi connectivity index (χ4n) is 2.81. The van der Waals surface area contributed by atoms with E-state index in [2.05, 4.69) is 51.8 Å². The lowest BCUT2D eigenvalue weighted by Crippen LogP contribution is -1.99. The molecule has 4 nitrogen and oxygen atoms in total. The number of fused-ring (bicyclic) bond motifs is 1. The predicted molar refractivity (Wildman–Crippen MR) is 90.3 cm³/mol. The lowest BCUT2D eigenvalue weighted by Gasteiger charge is -2.08. The molecule has 2 aromatic carbocycles. The Balaban J connectivity index is 1.92. The molecule has 4 rings (SSSR count). The van der Waals surface area contributed by atoms with Gasteiger partial charge in [0.15, 0.2) is 0 Å². The van der Waals surface area contributed by atoms with Crippen molar-refractivity contribution in [2.24, 2.45) is 0 Å². The highest BCUT2D eigenvalue weighted by Gasteiger charge is 2.12. The van der Waals surface area contributed by atoms with Gasteiger partial charge in [0.1, 0.15) is 12.2 Å². The molecule has 0 aliphatic rings. The van der Waals surface area contributed by atoms with Gasteiger partial charge in [0.05, 0.1) is 11.0 Å². The summed E-state index contributed by atoms with van der Waals surface area (Å²) in [6, 6.07) is 17.4. The first-order chi connectivity index (χ1) is 11.4. The maximum absolute atomic E-state index is 4.80.